The molecule has 1 aromatic carbocycles. The van der Waals surface area contributed by atoms with E-state index in [1.165, 1.54) is 17.0 Å². The van der Waals surface area contributed by atoms with Crippen molar-refractivity contribution in [1.29, 1.82) is 0 Å². The van der Waals surface area contributed by atoms with Gasteiger partial charge in [-0.25, -0.2) is 4.39 Å². The lowest BCUT2D eigenvalue weighted by atomic mass is 10.1. The Hall–Kier alpha value is -1.75. The Labute approximate surface area is 105 Å². The Balaban J connectivity index is 2.26. The highest BCUT2D eigenvalue weighted by Gasteiger charge is 2.35. The maximum Gasteiger partial charge on any atom is 0.232 e. The fraction of sp³-hybridized carbons (Fsp3) is 0.385. The number of hydrogen-bond acceptors (Lipinski definition) is 3. The van der Waals surface area contributed by atoms with Crippen LogP contribution in [0.25, 0.3) is 0 Å². The van der Waals surface area contributed by atoms with Crippen LogP contribution in [0.2, 0.25) is 0 Å². The third kappa shape index (κ3) is 2.26. The lowest BCUT2D eigenvalue weighted by Gasteiger charge is -2.16. The number of rotatable bonds is 3. The number of benzene rings is 1. The van der Waals surface area contributed by atoms with Gasteiger partial charge in [0.15, 0.2) is 0 Å². The highest BCUT2D eigenvalue weighted by atomic mass is 19.1. The molecule has 1 aliphatic heterocycles. The third-order valence-corrected chi connectivity index (χ3v) is 3.19. The van der Waals surface area contributed by atoms with E-state index in [-0.39, 0.29) is 37.2 Å². The molecule has 2 rings (SSSR count). The molecule has 1 saturated heterocycles. The summed E-state index contributed by atoms with van der Waals surface area (Å²) < 4.78 is 13.2. The van der Waals surface area contributed by atoms with E-state index in [1.807, 2.05) is 0 Å². The molecule has 1 unspecified atom stereocenters. The molecule has 0 radical (unpaired) electrons. The van der Waals surface area contributed by atoms with Gasteiger partial charge in [0.2, 0.25) is 11.8 Å². The van der Waals surface area contributed by atoms with Crippen molar-refractivity contribution < 1.29 is 14.0 Å². The largest absolute Gasteiger partial charge is 0.326 e. The minimum absolute atomic E-state index is 0.103. The lowest BCUT2D eigenvalue weighted by molar-refractivity contribution is -0.139. The normalized spacial score (nSPS) is 19.7. The summed E-state index contributed by atoms with van der Waals surface area (Å²) in [4.78, 5) is 24.6. The van der Waals surface area contributed by atoms with Gasteiger partial charge in [0, 0.05) is 18.9 Å². The van der Waals surface area contributed by atoms with Crippen LogP contribution in [0.3, 0.4) is 0 Å². The maximum absolute atomic E-state index is 13.2. The molecule has 96 valence electrons. The van der Waals surface area contributed by atoms with Gasteiger partial charge in [-0.2, -0.15) is 0 Å². The zero-order chi connectivity index (χ0) is 13.3. The molecular weight excluding hydrogens is 235 g/mol. The monoisotopic (exact) mass is 250 g/mol. The van der Waals surface area contributed by atoms with Crippen molar-refractivity contribution in [1.82, 2.24) is 4.90 Å². The molecule has 2 amide bonds. The van der Waals surface area contributed by atoms with Crippen molar-refractivity contribution in [3.05, 3.63) is 35.1 Å². The first kappa shape index (κ1) is 12.7. The summed E-state index contributed by atoms with van der Waals surface area (Å²) in [6.07, 6.45) is 0.228. The van der Waals surface area contributed by atoms with Crippen LogP contribution in [0.15, 0.2) is 18.2 Å². The quantitative estimate of drug-likeness (QED) is 0.819. The standard InChI is InChI=1S/C13H15FN2O2/c1-8-4-12(17)16(13(8)18)7-10-5-11(14)3-2-9(10)6-15/h2-3,5,8H,4,6-7,15H2,1H3. The molecule has 1 fully saturated rings. The number of amides is 2. The first-order valence-electron chi connectivity index (χ1n) is 5.84. The Kier molecular flexibility index (Phi) is 3.43. The molecule has 1 aromatic rings. The number of hydrogen-bond donors (Lipinski definition) is 1. The fourth-order valence-corrected chi connectivity index (χ4v) is 2.13. The molecule has 1 aliphatic rings. The number of carbonyl (C=O) groups is 2. The van der Waals surface area contributed by atoms with E-state index < -0.39 is 5.82 Å². The van der Waals surface area contributed by atoms with Gasteiger partial charge in [0.05, 0.1) is 6.54 Å². The summed E-state index contributed by atoms with van der Waals surface area (Å²) in [6, 6.07) is 4.23. The lowest BCUT2D eigenvalue weighted by Crippen LogP contribution is -2.30. The van der Waals surface area contributed by atoms with Gasteiger partial charge < -0.3 is 5.73 Å². The Morgan fingerprint density at radius 2 is 2.11 bits per heavy atom. The van der Waals surface area contributed by atoms with Crippen LogP contribution in [0, 0.1) is 11.7 Å². The van der Waals surface area contributed by atoms with Gasteiger partial charge in [0.1, 0.15) is 5.82 Å². The summed E-state index contributed by atoms with van der Waals surface area (Å²) in [5.74, 6) is -1.09. The molecule has 0 bridgehead atoms. The van der Waals surface area contributed by atoms with Crippen LogP contribution >= 0.6 is 0 Å². The molecule has 4 nitrogen and oxygen atoms in total. The Morgan fingerprint density at radius 3 is 2.67 bits per heavy atom. The van der Waals surface area contributed by atoms with Crippen molar-refractivity contribution in [3.8, 4) is 0 Å². The van der Waals surface area contributed by atoms with Gasteiger partial charge in [-0.15, -0.1) is 0 Å². The van der Waals surface area contributed by atoms with Gasteiger partial charge >= 0.3 is 0 Å². The summed E-state index contributed by atoms with van der Waals surface area (Å²) >= 11 is 0. The van der Waals surface area contributed by atoms with E-state index in [9.17, 15) is 14.0 Å². The zero-order valence-electron chi connectivity index (χ0n) is 10.1. The predicted molar refractivity (Wildman–Crippen MR) is 63.6 cm³/mol. The van der Waals surface area contributed by atoms with E-state index in [1.54, 1.807) is 13.0 Å². The number of nitrogens with two attached hydrogens (primary N) is 1. The number of likely N-dealkylation sites (tertiary alicyclic amines) is 1. The smallest absolute Gasteiger partial charge is 0.232 e. The third-order valence-electron chi connectivity index (χ3n) is 3.19. The van der Waals surface area contributed by atoms with Crippen molar-refractivity contribution in [2.45, 2.75) is 26.4 Å². The van der Waals surface area contributed by atoms with E-state index in [2.05, 4.69) is 0 Å². The minimum atomic E-state index is -0.394. The average molecular weight is 250 g/mol. The number of imide groups is 1. The van der Waals surface area contributed by atoms with Crippen molar-refractivity contribution >= 4 is 11.8 Å². The average Bonchev–Trinajstić information content (AvgIpc) is 2.56. The van der Waals surface area contributed by atoms with Crippen molar-refractivity contribution in [3.63, 3.8) is 0 Å². The summed E-state index contributed by atoms with van der Waals surface area (Å²) in [5.41, 5.74) is 6.90. The Morgan fingerprint density at radius 1 is 1.39 bits per heavy atom. The van der Waals surface area contributed by atoms with Crippen LogP contribution in [0.4, 0.5) is 4.39 Å². The van der Waals surface area contributed by atoms with Crippen LogP contribution in [-0.2, 0) is 22.7 Å². The van der Waals surface area contributed by atoms with Gasteiger partial charge in [-0.3, -0.25) is 14.5 Å². The highest BCUT2D eigenvalue weighted by molar-refractivity contribution is 6.03. The molecule has 0 saturated carbocycles. The summed E-state index contributed by atoms with van der Waals surface area (Å²) in [6.45, 7) is 2.07. The van der Waals surface area contributed by atoms with Crippen molar-refractivity contribution in [2.24, 2.45) is 11.7 Å². The van der Waals surface area contributed by atoms with Crippen molar-refractivity contribution in [2.75, 3.05) is 0 Å². The van der Waals surface area contributed by atoms with E-state index in [4.69, 9.17) is 5.73 Å². The SMILES string of the molecule is CC1CC(=O)N(Cc2cc(F)ccc2CN)C1=O. The molecule has 0 spiro atoms. The molecule has 1 heterocycles. The molecule has 5 heteroatoms. The minimum Gasteiger partial charge on any atom is -0.326 e. The van der Waals surface area contributed by atoms with Crippen LogP contribution in [-0.4, -0.2) is 16.7 Å². The molecule has 2 N–H and O–H groups in total. The number of carbonyl (C=O) groups excluding carboxylic acids is 2. The zero-order valence-corrected chi connectivity index (χ0v) is 10.1. The fourth-order valence-electron chi connectivity index (χ4n) is 2.13. The molecule has 0 aliphatic carbocycles. The first-order valence-corrected chi connectivity index (χ1v) is 5.84. The predicted octanol–water partition coefficient (Wildman–Crippen LogP) is 1.18. The molecular formula is C13H15FN2O2. The Bertz CT molecular complexity index is 502. The van der Waals surface area contributed by atoms with E-state index in [0.717, 1.165) is 5.56 Å². The van der Waals surface area contributed by atoms with Gasteiger partial charge in [-0.1, -0.05) is 13.0 Å². The second-order valence-electron chi connectivity index (χ2n) is 4.54. The van der Waals surface area contributed by atoms with Crippen LogP contribution in [0.5, 0.6) is 0 Å². The number of nitrogens with zero attached hydrogens (tertiary/aromatic N) is 1. The highest BCUT2D eigenvalue weighted by Crippen LogP contribution is 2.22. The maximum atomic E-state index is 13.2. The number of halogens is 1. The van der Waals surface area contributed by atoms with Gasteiger partial charge in [-0.05, 0) is 23.3 Å². The molecule has 1 atom stereocenters. The van der Waals surface area contributed by atoms with Crippen LogP contribution < -0.4 is 5.73 Å². The summed E-state index contributed by atoms with van der Waals surface area (Å²) in [7, 11) is 0. The second kappa shape index (κ2) is 4.86. The van der Waals surface area contributed by atoms with Gasteiger partial charge in [0.25, 0.3) is 0 Å². The topological polar surface area (TPSA) is 63.4 Å². The molecule has 18 heavy (non-hydrogen) atoms. The molecule has 0 aromatic heterocycles. The second-order valence-corrected chi connectivity index (χ2v) is 4.54. The van der Waals surface area contributed by atoms with Crippen LogP contribution in [0.1, 0.15) is 24.5 Å². The van der Waals surface area contributed by atoms with E-state index >= 15 is 0 Å². The summed E-state index contributed by atoms with van der Waals surface area (Å²) in [5, 5.41) is 0. The van der Waals surface area contributed by atoms with E-state index in [0.29, 0.717) is 5.56 Å². The first-order chi connectivity index (χ1) is 8.52.